The molecule has 0 aliphatic rings. The molecule has 9 heteroatoms. The molecule has 0 saturated heterocycles. The highest BCUT2D eigenvalue weighted by Crippen LogP contribution is 2.32. The zero-order valence-electron chi connectivity index (χ0n) is 16.0. The lowest BCUT2D eigenvalue weighted by molar-refractivity contribution is -0.116. The summed E-state index contributed by atoms with van der Waals surface area (Å²) < 4.78 is 27.5. The lowest BCUT2D eigenvalue weighted by Crippen LogP contribution is -2.35. The van der Waals surface area contributed by atoms with Crippen LogP contribution in [0, 0.1) is 0 Å². The second kappa shape index (κ2) is 9.08. The molecule has 1 aromatic heterocycles. The van der Waals surface area contributed by atoms with E-state index in [1.165, 1.54) is 40.5 Å². The molecule has 0 spiro atoms. The average molecular weight is 536 g/mol. The molecule has 0 unspecified atom stereocenters. The summed E-state index contributed by atoms with van der Waals surface area (Å²) in [5.74, 6) is -1.21. The van der Waals surface area contributed by atoms with Crippen LogP contribution in [0.1, 0.15) is 5.56 Å². The van der Waals surface area contributed by atoms with Crippen molar-refractivity contribution in [2.24, 2.45) is 0 Å². The van der Waals surface area contributed by atoms with Gasteiger partial charge in [0.2, 0.25) is 5.91 Å². The number of carbonyl (C=O) groups is 1. The first-order chi connectivity index (χ1) is 14.8. The fourth-order valence-corrected chi connectivity index (χ4v) is 5.85. The van der Waals surface area contributed by atoms with Gasteiger partial charge in [0.15, 0.2) is 15.0 Å². The average Bonchev–Trinajstić information content (AvgIpc) is 3.15. The van der Waals surface area contributed by atoms with Crippen molar-refractivity contribution < 1.29 is 13.2 Å². The third-order valence-corrected chi connectivity index (χ3v) is 7.94. The SMILES string of the molecule is O=C(CS(=O)(=O)c1ccc(Cl)cc1)N(Cc1ccccc1)c1nc2ccc(Br)cc2s1. The van der Waals surface area contributed by atoms with Crippen LogP contribution in [0.25, 0.3) is 10.2 Å². The van der Waals surface area contributed by atoms with E-state index >= 15 is 0 Å². The number of fused-ring (bicyclic) bond motifs is 1. The molecule has 0 aliphatic carbocycles. The predicted molar refractivity (Wildman–Crippen MR) is 128 cm³/mol. The Bertz CT molecular complexity index is 1340. The Morgan fingerprint density at radius 3 is 2.45 bits per heavy atom. The van der Waals surface area contributed by atoms with Gasteiger partial charge in [0.1, 0.15) is 5.75 Å². The summed E-state index contributed by atoms with van der Waals surface area (Å²) in [6, 6.07) is 20.9. The van der Waals surface area contributed by atoms with Crippen molar-refractivity contribution in [2.45, 2.75) is 11.4 Å². The monoisotopic (exact) mass is 534 g/mol. The number of aromatic nitrogens is 1. The van der Waals surface area contributed by atoms with E-state index in [0.29, 0.717) is 10.2 Å². The fourth-order valence-electron chi connectivity index (χ4n) is 3.00. The minimum Gasteiger partial charge on any atom is -0.283 e. The molecule has 1 amide bonds. The Labute approximate surface area is 197 Å². The van der Waals surface area contributed by atoms with Crippen molar-refractivity contribution in [1.29, 1.82) is 0 Å². The van der Waals surface area contributed by atoms with E-state index in [9.17, 15) is 13.2 Å². The molecule has 4 rings (SSSR count). The number of hydrogen-bond donors (Lipinski definition) is 0. The number of nitrogens with zero attached hydrogens (tertiary/aromatic N) is 2. The Balaban J connectivity index is 1.69. The molecule has 0 N–H and O–H groups in total. The molecular formula is C22H16BrClN2O3S2. The van der Waals surface area contributed by atoms with Crippen LogP contribution in [0.3, 0.4) is 0 Å². The summed E-state index contributed by atoms with van der Waals surface area (Å²) in [7, 11) is -3.84. The van der Waals surface area contributed by atoms with Gasteiger partial charge in [-0.15, -0.1) is 0 Å². The Kier molecular flexibility index (Phi) is 6.43. The van der Waals surface area contributed by atoms with Gasteiger partial charge in [-0.25, -0.2) is 13.4 Å². The molecule has 3 aromatic carbocycles. The van der Waals surface area contributed by atoms with Gasteiger partial charge in [-0.1, -0.05) is 69.2 Å². The van der Waals surface area contributed by atoms with E-state index in [4.69, 9.17) is 11.6 Å². The van der Waals surface area contributed by atoms with Gasteiger partial charge in [0.25, 0.3) is 0 Å². The highest BCUT2D eigenvalue weighted by Gasteiger charge is 2.27. The van der Waals surface area contributed by atoms with E-state index in [0.717, 1.165) is 20.3 Å². The lowest BCUT2D eigenvalue weighted by Gasteiger charge is -2.20. The number of benzene rings is 3. The van der Waals surface area contributed by atoms with Crippen LogP contribution in [0.4, 0.5) is 5.13 Å². The Morgan fingerprint density at radius 2 is 1.74 bits per heavy atom. The number of anilines is 1. The van der Waals surface area contributed by atoms with Gasteiger partial charge < -0.3 is 0 Å². The van der Waals surface area contributed by atoms with E-state index < -0.39 is 21.5 Å². The number of sulfone groups is 1. The maximum atomic E-state index is 13.2. The van der Waals surface area contributed by atoms with Crippen LogP contribution in [0.5, 0.6) is 0 Å². The quantitative estimate of drug-likeness (QED) is 0.317. The first kappa shape index (κ1) is 22.0. The van der Waals surface area contributed by atoms with Gasteiger partial charge in [-0.2, -0.15) is 0 Å². The molecule has 31 heavy (non-hydrogen) atoms. The molecule has 158 valence electrons. The number of thiazole rings is 1. The summed E-state index contributed by atoms with van der Waals surface area (Å²) >= 11 is 10.6. The molecule has 0 radical (unpaired) electrons. The van der Waals surface area contributed by atoms with Crippen LogP contribution in [0.2, 0.25) is 5.02 Å². The fraction of sp³-hybridized carbons (Fsp3) is 0.0909. The number of amides is 1. The molecule has 4 aromatic rings. The van der Waals surface area contributed by atoms with Crippen molar-refractivity contribution in [3.05, 3.63) is 87.9 Å². The Morgan fingerprint density at radius 1 is 1.03 bits per heavy atom. The number of hydrogen-bond acceptors (Lipinski definition) is 5. The van der Waals surface area contributed by atoms with Crippen LogP contribution >= 0.6 is 38.9 Å². The van der Waals surface area contributed by atoms with Gasteiger partial charge in [-0.05, 0) is 48.0 Å². The minimum absolute atomic E-state index is 0.0538. The molecular weight excluding hydrogens is 520 g/mol. The standard InChI is InChI=1S/C22H16BrClN2O3S2/c23-16-6-11-19-20(12-16)30-22(25-19)26(13-15-4-2-1-3-5-15)21(27)14-31(28,29)18-9-7-17(24)8-10-18/h1-12H,13-14H2. The van der Waals surface area contributed by atoms with E-state index in [1.54, 1.807) is 0 Å². The summed E-state index contributed by atoms with van der Waals surface area (Å²) in [5.41, 5.74) is 1.62. The largest absolute Gasteiger partial charge is 0.283 e. The third kappa shape index (κ3) is 5.15. The first-order valence-corrected chi connectivity index (χ1v) is 12.8. The number of halogens is 2. The molecule has 0 saturated carbocycles. The topological polar surface area (TPSA) is 67.3 Å². The summed E-state index contributed by atoms with van der Waals surface area (Å²) in [5, 5.41) is 0.880. The summed E-state index contributed by atoms with van der Waals surface area (Å²) in [6.45, 7) is 0.219. The molecule has 0 aliphatic heterocycles. The smallest absolute Gasteiger partial charge is 0.244 e. The second-order valence-electron chi connectivity index (χ2n) is 6.79. The lowest BCUT2D eigenvalue weighted by atomic mass is 10.2. The summed E-state index contributed by atoms with van der Waals surface area (Å²) in [4.78, 5) is 19.3. The molecule has 5 nitrogen and oxygen atoms in total. The highest BCUT2D eigenvalue weighted by molar-refractivity contribution is 9.10. The first-order valence-electron chi connectivity index (χ1n) is 9.20. The minimum atomic E-state index is -3.84. The molecule has 0 atom stereocenters. The number of carbonyl (C=O) groups excluding carboxylic acids is 1. The van der Waals surface area contributed by atoms with Crippen molar-refractivity contribution in [2.75, 3.05) is 10.7 Å². The van der Waals surface area contributed by atoms with Crippen LogP contribution < -0.4 is 4.90 Å². The van der Waals surface area contributed by atoms with Gasteiger partial charge in [0, 0.05) is 9.50 Å². The van der Waals surface area contributed by atoms with Gasteiger partial charge >= 0.3 is 0 Å². The number of rotatable bonds is 6. The van der Waals surface area contributed by atoms with Crippen molar-refractivity contribution in [3.8, 4) is 0 Å². The predicted octanol–water partition coefficient (Wildman–Crippen LogP) is 5.72. The van der Waals surface area contributed by atoms with E-state index in [1.807, 2.05) is 48.5 Å². The molecule has 0 bridgehead atoms. The maximum absolute atomic E-state index is 13.2. The zero-order valence-corrected chi connectivity index (χ0v) is 20.0. The van der Waals surface area contributed by atoms with Crippen LogP contribution in [0.15, 0.2) is 82.2 Å². The normalized spacial score (nSPS) is 11.5. The maximum Gasteiger partial charge on any atom is 0.244 e. The van der Waals surface area contributed by atoms with Crippen molar-refractivity contribution >= 4 is 70.0 Å². The summed E-state index contributed by atoms with van der Waals surface area (Å²) in [6.07, 6.45) is 0. The zero-order chi connectivity index (χ0) is 22.0. The Hall–Kier alpha value is -2.26. The van der Waals surface area contributed by atoms with Crippen LogP contribution in [-0.2, 0) is 21.2 Å². The van der Waals surface area contributed by atoms with Crippen molar-refractivity contribution in [3.63, 3.8) is 0 Å². The highest BCUT2D eigenvalue weighted by atomic mass is 79.9. The molecule has 0 fully saturated rings. The van der Waals surface area contributed by atoms with E-state index in [2.05, 4.69) is 20.9 Å². The van der Waals surface area contributed by atoms with Crippen molar-refractivity contribution in [1.82, 2.24) is 4.98 Å². The van der Waals surface area contributed by atoms with E-state index in [-0.39, 0.29) is 11.4 Å². The van der Waals surface area contributed by atoms with Gasteiger partial charge in [-0.3, -0.25) is 9.69 Å². The van der Waals surface area contributed by atoms with Crippen LogP contribution in [-0.4, -0.2) is 25.1 Å². The second-order valence-corrected chi connectivity index (χ2v) is 11.1. The van der Waals surface area contributed by atoms with Gasteiger partial charge in [0.05, 0.1) is 21.7 Å². The third-order valence-electron chi connectivity index (χ3n) is 4.54. The molecule has 1 heterocycles.